The van der Waals surface area contributed by atoms with Gasteiger partial charge in [-0.1, -0.05) is 22.0 Å². The average molecular weight is 348 g/mol. The van der Waals surface area contributed by atoms with Crippen LogP contribution in [0.15, 0.2) is 27.6 Å². The molecule has 104 valence electrons. The molecule has 2 rings (SSSR count). The smallest absolute Gasteiger partial charge is 0.303 e. The lowest BCUT2D eigenvalue weighted by molar-refractivity contribution is -0.139. The van der Waals surface area contributed by atoms with Gasteiger partial charge in [0.05, 0.1) is 11.3 Å². The maximum absolute atomic E-state index is 12.4. The van der Waals surface area contributed by atoms with Gasteiger partial charge >= 0.3 is 5.97 Å². The lowest BCUT2D eigenvalue weighted by Gasteiger charge is -2.37. The third-order valence-corrected chi connectivity index (χ3v) is 5.62. The molecule has 1 heterocycles. The van der Waals surface area contributed by atoms with Gasteiger partial charge in [-0.3, -0.25) is 4.79 Å². The minimum Gasteiger partial charge on any atom is -0.481 e. The molecule has 0 bridgehead atoms. The number of hydrogen-bond donors (Lipinski definition) is 1. The number of carboxylic acids is 1. The van der Waals surface area contributed by atoms with Crippen LogP contribution in [0.25, 0.3) is 0 Å². The largest absolute Gasteiger partial charge is 0.481 e. The zero-order valence-corrected chi connectivity index (χ0v) is 12.7. The molecule has 19 heavy (non-hydrogen) atoms. The van der Waals surface area contributed by atoms with E-state index in [0.29, 0.717) is 10.0 Å². The van der Waals surface area contributed by atoms with Crippen LogP contribution in [-0.4, -0.2) is 36.9 Å². The third-order valence-electron chi connectivity index (χ3n) is 3.15. The van der Waals surface area contributed by atoms with Gasteiger partial charge in [-0.2, -0.15) is 4.31 Å². The van der Waals surface area contributed by atoms with Crippen molar-refractivity contribution in [3.63, 3.8) is 0 Å². The summed E-state index contributed by atoms with van der Waals surface area (Å²) in [6.45, 7) is 2.30. The minimum absolute atomic E-state index is 0.0173. The first-order valence-electron chi connectivity index (χ1n) is 5.79. The molecule has 0 atom stereocenters. The van der Waals surface area contributed by atoms with E-state index in [-0.39, 0.29) is 30.3 Å². The number of hydrogen-bond acceptors (Lipinski definition) is 3. The van der Waals surface area contributed by atoms with Gasteiger partial charge in [0.2, 0.25) is 10.0 Å². The standard InChI is InChI=1S/C12H14BrNO4S/c1-8-2-3-10(13)5-11(8)19(17,18)14-6-9(7-14)4-12(15)16/h2-3,5,9H,4,6-7H2,1H3,(H,15,16). The topological polar surface area (TPSA) is 74.7 Å². The fourth-order valence-electron chi connectivity index (χ4n) is 2.09. The maximum atomic E-state index is 12.4. The molecule has 1 saturated heterocycles. The molecule has 1 aliphatic heterocycles. The van der Waals surface area contributed by atoms with E-state index in [0.717, 1.165) is 0 Å². The Labute approximate surface area is 120 Å². The highest BCUT2D eigenvalue weighted by Gasteiger charge is 2.38. The van der Waals surface area contributed by atoms with E-state index >= 15 is 0 Å². The molecule has 1 N–H and O–H groups in total. The van der Waals surface area contributed by atoms with E-state index in [1.165, 1.54) is 4.31 Å². The molecule has 1 fully saturated rings. The minimum atomic E-state index is -3.51. The number of rotatable bonds is 4. The Balaban J connectivity index is 2.17. The number of aryl methyl sites for hydroxylation is 1. The first-order valence-corrected chi connectivity index (χ1v) is 8.02. The molecule has 1 aliphatic rings. The van der Waals surface area contributed by atoms with Crippen molar-refractivity contribution in [2.75, 3.05) is 13.1 Å². The normalized spacial score (nSPS) is 17.2. The molecule has 1 aromatic rings. The van der Waals surface area contributed by atoms with Crippen molar-refractivity contribution >= 4 is 31.9 Å². The molecular formula is C12H14BrNO4S. The van der Waals surface area contributed by atoms with Crippen LogP contribution in [0.3, 0.4) is 0 Å². The van der Waals surface area contributed by atoms with Crippen LogP contribution in [0.4, 0.5) is 0 Å². The summed E-state index contributed by atoms with van der Waals surface area (Å²) in [7, 11) is -3.51. The summed E-state index contributed by atoms with van der Waals surface area (Å²) in [4.78, 5) is 10.8. The molecule has 7 heteroatoms. The van der Waals surface area contributed by atoms with Gasteiger partial charge in [0.15, 0.2) is 0 Å². The number of benzene rings is 1. The monoisotopic (exact) mass is 347 g/mol. The number of carbonyl (C=O) groups is 1. The lowest BCUT2D eigenvalue weighted by atomic mass is 10.00. The molecule has 1 aromatic carbocycles. The van der Waals surface area contributed by atoms with Gasteiger partial charge in [-0.05, 0) is 30.5 Å². The van der Waals surface area contributed by atoms with Crippen LogP contribution in [-0.2, 0) is 14.8 Å². The SMILES string of the molecule is Cc1ccc(Br)cc1S(=O)(=O)N1CC(CC(=O)O)C1. The maximum Gasteiger partial charge on any atom is 0.303 e. The Morgan fingerprint density at radius 3 is 2.68 bits per heavy atom. The van der Waals surface area contributed by atoms with Crippen LogP contribution in [0.5, 0.6) is 0 Å². The van der Waals surface area contributed by atoms with Gasteiger partial charge in [0.1, 0.15) is 0 Å². The van der Waals surface area contributed by atoms with Crippen molar-refractivity contribution in [3.05, 3.63) is 28.2 Å². The highest BCUT2D eigenvalue weighted by Crippen LogP contribution is 2.30. The summed E-state index contributed by atoms with van der Waals surface area (Å²) < 4.78 is 26.8. The number of aliphatic carboxylic acids is 1. The highest BCUT2D eigenvalue weighted by atomic mass is 79.9. The Morgan fingerprint density at radius 1 is 1.47 bits per heavy atom. The van der Waals surface area contributed by atoms with Crippen molar-refractivity contribution in [2.24, 2.45) is 5.92 Å². The van der Waals surface area contributed by atoms with E-state index in [2.05, 4.69) is 15.9 Å². The van der Waals surface area contributed by atoms with Crippen molar-refractivity contribution in [3.8, 4) is 0 Å². The van der Waals surface area contributed by atoms with E-state index < -0.39 is 16.0 Å². The van der Waals surface area contributed by atoms with E-state index in [1.54, 1.807) is 25.1 Å². The summed E-state index contributed by atoms with van der Waals surface area (Å²) in [6, 6.07) is 5.11. The fourth-order valence-corrected chi connectivity index (χ4v) is 4.44. The summed E-state index contributed by atoms with van der Waals surface area (Å²) in [6.07, 6.45) is 0.0173. The predicted molar refractivity (Wildman–Crippen MR) is 73.4 cm³/mol. The summed E-state index contributed by atoms with van der Waals surface area (Å²) >= 11 is 3.26. The molecule has 0 aliphatic carbocycles. The lowest BCUT2D eigenvalue weighted by Crippen LogP contribution is -2.50. The van der Waals surface area contributed by atoms with Gasteiger partial charge in [0, 0.05) is 17.6 Å². The van der Waals surface area contributed by atoms with E-state index in [1.807, 2.05) is 0 Å². The second-order valence-corrected chi connectivity index (χ2v) is 7.52. The molecule has 0 radical (unpaired) electrons. The van der Waals surface area contributed by atoms with Gasteiger partial charge < -0.3 is 5.11 Å². The molecule has 5 nitrogen and oxygen atoms in total. The molecule has 0 aromatic heterocycles. The van der Waals surface area contributed by atoms with Gasteiger partial charge in [-0.25, -0.2) is 8.42 Å². The quantitative estimate of drug-likeness (QED) is 0.901. The molecular weight excluding hydrogens is 334 g/mol. The van der Waals surface area contributed by atoms with Crippen molar-refractivity contribution < 1.29 is 18.3 Å². The second kappa shape index (κ2) is 5.22. The molecule has 0 amide bonds. The summed E-state index contributed by atoms with van der Waals surface area (Å²) in [5.74, 6) is -0.972. The second-order valence-electron chi connectivity index (χ2n) is 4.70. The number of carboxylic acid groups (broad SMARTS) is 1. The number of nitrogens with zero attached hydrogens (tertiary/aromatic N) is 1. The Morgan fingerprint density at radius 2 is 2.11 bits per heavy atom. The fraction of sp³-hybridized carbons (Fsp3) is 0.417. The summed E-state index contributed by atoms with van der Waals surface area (Å²) in [5.41, 5.74) is 0.685. The number of halogens is 1. The van der Waals surface area contributed by atoms with Crippen LogP contribution >= 0.6 is 15.9 Å². The first kappa shape index (κ1) is 14.5. The summed E-state index contributed by atoms with van der Waals surface area (Å²) in [5, 5.41) is 8.66. The first-order chi connectivity index (χ1) is 8.80. The van der Waals surface area contributed by atoms with Crippen molar-refractivity contribution in [2.45, 2.75) is 18.2 Å². The zero-order chi connectivity index (χ0) is 14.2. The van der Waals surface area contributed by atoms with Gasteiger partial charge in [0.25, 0.3) is 0 Å². The van der Waals surface area contributed by atoms with Crippen LogP contribution < -0.4 is 0 Å². The van der Waals surface area contributed by atoms with E-state index in [9.17, 15) is 13.2 Å². The molecule has 0 spiro atoms. The van der Waals surface area contributed by atoms with Crippen LogP contribution in [0.2, 0.25) is 0 Å². The van der Waals surface area contributed by atoms with Crippen LogP contribution in [0.1, 0.15) is 12.0 Å². The predicted octanol–water partition coefficient (Wildman–Crippen LogP) is 1.85. The molecule has 0 saturated carbocycles. The Kier molecular flexibility index (Phi) is 3.98. The Bertz CT molecular complexity index is 608. The average Bonchev–Trinajstić information content (AvgIpc) is 2.25. The van der Waals surface area contributed by atoms with E-state index in [4.69, 9.17) is 5.11 Å². The van der Waals surface area contributed by atoms with Crippen molar-refractivity contribution in [1.82, 2.24) is 4.31 Å². The third kappa shape index (κ3) is 2.98. The number of sulfonamides is 1. The van der Waals surface area contributed by atoms with Crippen LogP contribution in [0, 0.1) is 12.8 Å². The molecule has 0 unspecified atom stereocenters. The highest BCUT2D eigenvalue weighted by molar-refractivity contribution is 9.10. The van der Waals surface area contributed by atoms with Crippen molar-refractivity contribution in [1.29, 1.82) is 0 Å². The zero-order valence-electron chi connectivity index (χ0n) is 10.3. The Hall–Kier alpha value is -0.920. The van der Waals surface area contributed by atoms with Gasteiger partial charge in [-0.15, -0.1) is 0 Å².